The summed E-state index contributed by atoms with van der Waals surface area (Å²) < 4.78 is 5.41. The lowest BCUT2D eigenvalue weighted by molar-refractivity contribution is 0.428. The fourth-order valence-corrected chi connectivity index (χ4v) is 2.76. The van der Waals surface area contributed by atoms with Crippen molar-refractivity contribution in [1.82, 2.24) is 5.32 Å². The Morgan fingerprint density at radius 2 is 1.75 bits per heavy atom. The third-order valence-corrected chi connectivity index (χ3v) is 3.97. The molecule has 0 aliphatic carbocycles. The Bertz CT molecular complexity index is 557. The number of furan rings is 1. The van der Waals surface area contributed by atoms with Gasteiger partial charge in [-0.15, -0.1) is 0 Å². The van der Waals surface area contributed by atoms with E-state index in [4.69, 9.17) is 4.42 Å². The predicted octanol–water partition coefficient (Wildman–Crippen LogP) is 4.49. The minimum atomic E-state index is 0.347. The van der Waals surface area contributed by atoms with Crippen molar-refractivity contribution in [3.8, 4) is 0 Å². The van der Waals surface area contributed by atoms with Crippen molar-refractivity contribution in [2.24, 2.45) is 0 Å². The first-order valence-corrected chi connectivity index (χ1v) is 7.33. The lowest BCUT2D eigenvalue weighted by Crippen LogP contribution is -2.31. The number of aryl methyl sites for hydroxylation is 3. The second kappa shape index (κ2) is 6.27. The molecular formula is C18H25NO. The highest BCUT2D eigenvalue weighted by Gasteiger charge is 2.13. The first-order valence-electron chi connectivity index (χ1n) is 7.33. The number of rotatable bonds is 5. The van der Waals surface area contributed by atoms with E-state index in [1.807, 2.05) is 12.1 Å². The molecule has 2 nitrogen and oxygen atoms in total. The van der Waals surface area contributed by atoms with Gasteiger partial charge in [-0.25, -0.2) is 0 Å². The summed E-state index contributed by atoms with van der Waals surface area (Å²) in [6.07, 6.45) is 2.65. The molecule has 2 rings (SSSR count). The van der Waals surface area contributed by atoms with Gasteiger partial charge in [0.25, 0.3) is 0 Å². The summed E-state index contributed by atoms with van der Waals surface area (Å²) in [5, 5.41) is 3.66. The van der Waals surface area contributed by atoms with Crippen LogP contribution in [0.25, 0.3) is 0 Å². The monoisotopic (exact) mass is 271 g/mol. The Labute approximate surface area is 122 Å². The normalized spacial score (nSPS) is 14.2. The van der Waals surface area contributed by atoms with E-state index in [9.17, 15) is 0 Å². The number of nitrogens with one attached hydrogen (secondary N) is 1. The highest BCUT2D eigenvalue weighted by molar-refractivity contribution is 5.38. The van der Waals surface area contributed by atoms with Crippen molar-refractivity contribution in [3.63, 3.8) is 0 Å². The molecule has 0 aliphatic heterocycles. The van der Waals surface area contributed by atoms with Crippen LogP contribution in [0.15, 0.2) is 34.9 Å². The molecule has 0 spiro atoms. The summed E-state index contributed by atoms with van der Waals surface area (Å²) >= 11 is 0. The van der Waals surface area contributed by atoms with Crippen LogP contribution in [0.5, 0.6) is 0 Å². The van der Waals surface area contributed by atoms with Crippen molar-refractivity contribution >= 4 is 0 Å². The van der Waals surface area contributed by atoms with E-state index in [0.717, 1.165) is 12.2 Å². The summed E-state index contributed by atoms with van der Waals surface area (Å²) in [6, 6.07) is 9.29. The van der Waals surface area contributed by atoms with Crippen molar-refractivity contribution in [1.29, 1.82) is 0 Å². The molecule has 2 unspecified atom stereocenters. The van der Waals surface area contributed by atoms with E-state index >= 15 is 0 Å². The fraction of sp³-hybridized carbons (Fsp3) is 0.444. The smallest absolute Gasteiger partial charge is 0.105 e. The molecule has 2 heteroatoms. The maximum atomic E-state index is 5.41. The molecule has 20 heavy (non-hydrogen) atoms. The third-order valence-electron chi connectivity index (χ3n) is 3.97. The fourth-order valence-electron chi connectivity index (χ4n) is 2.76. The van der Waals surface area contributed by atoms with Crippen LogP contribution in [-0.2, 0) is 6.42 Å². The summed E-state index contributed by atoms with van der Waals surface area (Å²) in [5.74, 6) is 1.04. The van der Waals surface area contributed by atoms with E-state index in [0.29, 0.717) is 12.1 Å². The maximum Gasteiger partial charge on any atom is 0.105 e. The molecule has 108 valence electrons. The molecule has 0 amide bonds. The lowest BCUT2D eigenvalue weighted by atomic mass is 9.96. The molecule has 2 aromatic rings. The van der Waals surface area contributed by atoms with Crippen molar-refractivity contribution in [3.05, 3.63) is 58.5 Å². The Morgan fingerprint density at radius 3 is 2.40 bits per heavy atom. The first-order chi connectivity index (χ1) is 9.47. The zero-order valence-corrected chi connectivity index (χ0v) is 13.2. The molecule has 0 bridgehead atoms. The highest BCUT2D eigenvalue weighted by atomic mass is 16.3. The zero-order chi connectivity index (χ0) is 14.7. The molecule has 0 saturated carbocycles. The zero-order valence-electron chi connectivity index (χ0n) is 13.2. The largest absolute Gasteiger partial charge is 0.469 e. The Hall–Kier alpha value is -1.54. The molecule has 1 aromatic heterocycles. The minimum absolute atomic E-state index is 0.347. The van der Waals surface area contributed by atoms with Gasteiger partial charge in [-0.1, -0.05) is 12.1 Å². The molecular weight excluding hydrogens is 246 g/mol. The quantitative estimate of drug-likeness (QED) is 0.867. The van der Waals surface area contributed by atoms with Crippen LogP contribution in [0.2, 0.25) is 0 Å². The summed E-state index contributed by atoms with van der Waals surface area (Å²) in [6.45, 7) is 11.0. The van der Waals surface area contributed by atoms with Gasteiger partial charge in [0, 0.05) is 18.5 Å². The molecule has 1 N–H and O–H groups in total. The van der Waals surface area contributed by atoms with Gasteiger partial charge in [-0.2, -0.15) is 0 Å². The van der Waals surface area contributed by atoms with Crippen molar-refractivity contribution in [2.45, 2.75) is 53.1 Å². The molecule has 0 radical (unpaired) electrons. The van der Waals surface area contributed by atoms with Gasteiger partial charge in [0.15, 0.2) is 0 Å². The lowest BCUT2D eigenvalue weighted by Gasteiger charge is -2.22. The summed E-state index contributed by atoms with van der Waals surface area (Å²) in [5.41, 5.74) is 5.47. The average Bonchev–Trinajstić information content (AvgIpc) is 2.86. The van der Waals surface area contributed by atoms with Gasteiger partial charge in [-0.3, -0.25) is 0 Å². The molecule has 0 aliphatic rings. The summed E-state index contributed by atoms with van der Waals surface area (Å²) in [7, 11) is 0. The minimum Gasteiger partial charge on any atom is -0.469 e. The second-order valence-electron chi connectivity index (χ2n) is 5.87. The molecule has 0 saturated heterocycles. The van der Waals surface area contributed by atoms with Crippen LogP contribution >= 0.6 is 0 Å². The molecule has 1 heterocycles. The average molecular weight is 271 g/mol. The SMILES string of the molecule is Cc1cc(C)c(C(C)NC(C)Cc2ccco2)cc1C. The van der Waals surface area contributed by atoms with E-state index < -0.39 is 0 Å². The van der Waals surface area contributed by atoms with Crippen molar-refractivity contribution < 1.29 is 4.42 Å². The molecule has 1 aromatic carbocycles. The standard InChI is InChI=1S/C18H25NO/c1-12-9-14(3)18(10-13(12)2)16(5)19-15(4)11-17-7-6-8-20-17/h6-10,15-16,19H,11H2,1-5H3. The van der Waals surface area contributed by atoms with Crippen LogP contribution in [-0.4, -0.2) is 6.04 Å². The summed E-state index contributed by atoms with van der Waals surface area (Å²) in [4.78, 5) is 0. The van der Waals surface area contributed by atoms with Crippen LogP contribution in [0.1, 0.15) is 47.9 Å². The van der Waals surface area contributed by atoms with Crippen molar-refractivity contribution in [2.75, 3.05) is 0 Å². The molecule has 2 atom stereocenters. The van der Waals surface area contributed by atoms with Gasteiger partial charge in [0.2, 0.25) is 0 Å². The first kappa shape index (κ1) is 14.9. The van der Waals surface area contributed by atoms with Crippen LogP contribution in [0.3, 0.4) is 0 Å². The van der Waals surface area contributed by atoms with Gasteiger partial charge in [0.1, 0.15) is 5.76 Å². The van der Waals surface area contributed by atoms with E-state index in [1.54, 1.807) is 6.26 Å². The Balaban J connectivity index is 2.04. The maximum absolute atomic E-state index is 5.41. The second-order valence-corrected chi connectivity index (χ2v) is 5.87. The number of benzene rings is 1. The predicted molar refractivity (Wildman–Crippen MR) is 84.1 cm³/mol. The van der Waals surface area contributed by atoms with Gasteiger partial charge in [0.05, 0.1) is 6.26 Å². The van der Waals surface area contributed by atoms with Crippen LogP contribution < -0.4 is 5.32 Å². The number of hydrogen-bond acceptors (Lipinski definition) is 2. The van der Waals surface area contributed by atoms with E-state index in [1.165, 1.54) is 22.3 Å². The topological polar surface area (TPSA) is 25.2 Å². The van der Waals surface area contributed by atoms with Crippen LogP contribution in [0, 0.1) is 20.8 Å². The Kier molecular flexibility index (Phi) is 4.66. The van der Waals surface area contributed by atoms with Gasteiger partial charge < -0.3 is 9.73 Å². The van der Waals surface area contributed by atoms with Gasteiger partial charge >= 0.3 is 0 Å². The van der Waals surface area contributed by atoms with E-state index in [-0.39, 0.29) is 0 Å². The Morgan fingerprint density at radius 1 is 1.05 bits per heavy atom. The van der Waals surface area contributed by atoms with E-state index in [2.05, 4.69) is 52.1 Å². The number of hydrogen-bond donors (Lipinski definition) is 1. The van der Waals surface area contributed by atoms with Gasteiger partial charge in [-0.05, 0) is 69.0 Å². The third kappa shape index (κ3) is 3.51. The highest BCUT2D eigenvalue weighted by Crippen LogP contribution is 2.22. The molecule has 0 fully saturated rings. The van der Waals surface area contributed by atoms with Crippen LogP contribution in [0.4, 0.5) is 0 Å².